The molecule has 3 aromatic rings. The zero-order valence-corrected chi connectivity index (χ0v) is 14.0. The van der Waals surface area contributed by atoms with Crippen molar-refractivity contribution in [3.8, 4) is 6.07 Å². The molecule has 0 unspecified atom stereocenters. The van der Waals surface area contributed by atoms with Crippen molar-refractivity contribution in [2.75, 3.05) is 5.32 Å². The molecule has 0 fully saturated rings. The number of carbonyl (C=O) groups is 3. The van der Waals surface area contributed by atoms with Crippen LogP contribution in [0.3, 0.4) is 0 Å². The van der Waals surface area contributed by atoms with Gasteiger partial charge in [-0.2, -0.15) is 5.26 Å². The van der Waals surface area contributed by atoms with E-state index in [1.165, 1.54) is 6.07 Å². The van der Waals surface area contributed by atoms with Crippen LogP contribution in [0.1, 0.15) is 47.8 Å². The number of nitrogens with zero attached hydrogens (tertiary/aromatic N) is 1. The molecule has 0 aliphatic heterocycles. The summed E-state index contributed by atoms with van der Waals surface area (Å²) in [7, 11) is 0. The average molecular weight is 352 g/mol. The molecule has 0 aromatic heterocycles. The molecule has 3 aromatic carbocycles. The fourth-order valence-electron chi connectivity index (χ4n) is 3.17. The first-order valence-electron chi connectivity index (χ1n) is 8.23. The molecule has 5 nitrogen and oxygen atoms in total. The van der Waals surface area contributed by atoms with Crippen LogP contribution in [0.4, 0.5) is 5.69 Å². The van der Waals surface area contributed by atoms with Gasteiger partial charge in [0.2, 0.25) is 0 Å². The Hall–Kier alpha value is -4.04. The van der Waals surface area contributed by atoms with E-state index in [4.69, 9.17) is 5.26 Å². The highest BCUT2D eigenvalue weighted by molar-refractivity contribution is 6.30. The molecule has 1 aliphatic carbocycles. The van der Waals surface area contributed by atoms with Crippen LogP contribution in [-0.4, -0.2) is 17.5 Å². The molecule has 4 rings (SSSR count). The molecule has 1 amide bonds. The Morgan fingerprint density at radius 3 is 2.22 bits per heavy atom. The number of benzene rings is 3. The van der Waals surface area contributed by atoms with E-state index in [2.05, 4.69) is 5.32 Å². The fraction of sp³-hybridized carbons (Fsp3) is 0. The third-order valence-corrected chi connectivity index (χ3v) is 4.45. The summed E-state index contributed by atoms with van der Waals surface area (Å²) in [6, 6.07) is 19.7. The third-order valence-electron chi connectivity index (χ3n) is 4.45. The van der Waals surface area contributed by atoms with Crippen molar-refractivity contribution in [2.45, 2.75) is 0 Å². The van der Waals surface area contributed by atoms with Crippen LogP contribution in [0, 0.1) is 11.3 Å². The second-order valence-electron chi connectivity index (χ2n) is 6.08. The van der Waals surface area contributed by atoms with Crippen molar-refractivity contribution in [3.63, 3.8) is 0 Å². The van der Waals surface area contributed by atoms with Crippen LogP contribution in [0.25, 0.3) is 0 Å². The van der Waals surface area contributed by atoms with Crippen LogP contribution >= 0.6 is 0 Å². The monoisotopic (exact) mass is 352 g/mol. The lowest BCUT2D eigenvalue weighted by Gasteiger charge is -2.20. The van der Waals surface area contributed by atoms with Gasteiger partial charge in [-0.25, -0.2) is 0 Å². The SMILES string of the molecule is N#Cc1cccc(C(=O)Nc2cccc3c2C(=O)c2ccccc2C3=O)c1. The van der Waals surface area contributed by atoms with Crippen LogP contribution < -0.4 is 5.32 Å². The van der Waals surface area contributed by atoms with Crippen LogP contribution in [0.15, 0.2) is 66.7 Å². The number of amides is 1. The van der Waals surface area contributed by atoms with Crippen molar-refractivity contribution in [3.05, 3.63) is 100 Å². The van der Waals surface area contributed by atoms with Crippen molar-refractivity contribution < 1.29 is 14.4 Å². The number of ketones is 2. The summed E-state index contributed by atoms with van der Waals surface area (Å²) in [6.45, 7) is 0. The van der Waals surface area contributed by atoms with E-state index in [-0.39, 0.29) is 28.4 Å². The Bertz CT molecular complexity index is 1170. The number of carbonyl (C=O) groups excluding carboxylic acids is 3. The summed E-state index contributed by atoms with van der Waals surface area (Å²) in [5.74, 6) is -1.01. The first-order valence-corrected chi connectivity index (χ1v) is 8.23. The van der Waals surface area contributed by atoms with Gasteiger partial charge in [-0.05, 0) is 24.3 Å². The first-order chi connectivity index (χ1) is 13.1. The lowest BCUT2D eigenvalue weighted by molar-refractivity contribution is 0.0978. The van der Waals surface area contributed by atoms with E-state index >= 15 is 0 Å². The second kappa shape index (κ2) is 6.36. The predicted molar refractivity (Wildman–Crippen MR) is 98.9 cm³/mol. The van der Waals surface area contributed by atoms with Gasteiger partial charge >= 0.3 is 0 Å². The Morgan fingerprint density at radius 1 is 0.815 bits per heavy atom. The first kappa shape index (κ1) is 16.4. The highest BCUT2D eigenvalue weighted by Crippen LogP contribution is 2.32. The normalized spacial score (nSPS) is 12.0. The van der Waals surface area contributed by atoms with Gasteiger partial charge in [-0.3, -0.25) is 14.4 Å². The van der Waals surface area contributed by atoms with E-state index in [9.17, 15) is 14.4 Å². The molecule has 27 heavy (non-hydrogen) atoms. The molecule has 0 heterocycles. The minimum atomic E-state index is -0.459. The molecule has 1 aliphatic rings. The number of nitriles is 1. The highest BCUT2D eigenvalue weighted by Gasteiger charge is 2.31. The fourth-order valence-corrected chi connectivity index (χ4v) is 3.17. The molecule has 0 spiro atoms. The Kier molecular flexibility index (Phi) is 3.87. The summed E-state index contributed by atoms with van der Waals surface area (Å²) < 4.78 is 0. The van der Waals surface area contributed by atoms with Crippen molar-refractivity contribution >= 4 is 23.2 Å². The topological polar surface area (TPSA) is 87.0 Å². The quantitative estimate of drug-likeness (QED) is 0.597. The molecule has 0 atom stereocenters. The summed E-state index contributed by atoms with van der Waals surface area (Å²) in [4.78, 5) is 38.3. The standard InChI is InChI=1S/C22H12N2O3/c23-12-13-5-3-6-14(11-13)22(27)24-18-10-4-9-17-19(18)21(26)16-8-2-1-7-15(16)20(17)25/h1-11H,(H,24,27). The Balaban J connectivity index is 1.76. The van der Waals surface area contributed by atoms with Gasteiger partial charge in [0.05, 0.1) is 22.9 Å². The summed E-state index contributed by atoms with van der Waals surface area (Å²) in [6.07, 6.45) is 0. The summed E-state index contributed by atoms with van der Waals surface area (Å²) >= 11 is 0. The van der Waals surface area contributed by atoms with Gasteiger partial charge in [-0.1, -0.05) is 42.5 Å². The summed E-state index contributed by atoms with van der Waals surface area (Å²) in [5.41, 5.74) is 2.06. The molecule has 0 saturated carbocycles. The molecule has 0 radical (unpaired) electrons. The number of rotatable bonds is 2. The summed E-state index contributed by atoms with van der Waals surface area (Å²) in [5, 5.41) is 11.7. The molecule has 1 N–H and O–H groups in total. The minimum absolute atomic E-state index is 0.186. The maximum atomic E-state index is 12.9. The number of hydrogen-bond acceptors (Lipinski definition) is 4. The molecular weight excluding hydrogens is 340 g/mol. The number of fused-ring (bicyclic) bond motifs is 2. The van der Waals surface area contributed by atoms with Crippen molar-refractivity contribution in [2.24, 2.45) is 0 Å². The van der Waals surface area contributed by atoms with Crippen LogP contribution in [0.5, 0.6) is 0 Å². The molecule has 0 bridgehead atoms. The lowest BCUT2D eigenvalue weighted by atomic mass is 9.83. The van der Waals surface area contributed by atoms with Gasteiger partial charge in [0.1, 0.15) is 0 Å². The third kappa shape index (κ3) is 2.70. The van der Waals surface area contributed by atoms with Crippen molar-refractivity contribution in [1.29, 1.82) is 5.26 Å². The smallest absolute Gasteiger partial charge is 0.255 e. The molecule has 0 saturated heterocycles. The lowest BCUT2D eigenvalue weighted by Crippen LogP contribution is -2.23. The van der Waals surface area contributed by atoms with E-state index in [0.29, 0.717) is 22.3 Å². The Labute approximate surface area is 154 Å². The number of nitrogens with one attached hydrogen (secondary N) is 1. The molecular formula is C22H12N2O3. The van der Waals surface area contributed by atoms with E-state index in [1.807, 2.05) is 6.07 Å². The number of anilines is 1. The van der Waals surface area contributed by atoms with E-state index < -0.39 is 5.91 Å². The second-order valence-corrected chi connectivity index (χ2v) is 6.08. The van der Waals surface area contributed by atoms with Crippen LogP contribution in [-0.2, 0) is 0 Å². The largest absolute Gasteiger partial charge is 0.321 e. The minimum Gasteiger partial charge on any atom is -0.321 e. The zero-order valence-electron chi connectivity index (χ0n) is 14.0. The molecule has 5 heteroatoms. The maximum absolute atomic E-state index is 12.9. The zero-order chi connectivity index (χ0) is 19.0. The maximum Gasteiger partial charge on any atom is 0.255 e. The van der Waals surface area contributed by atoms with E-state index in [0.717, 1.165) is 0 Å². The molecule has 128 valence electrons. The van der Waals surface area contributed by atoms with Gasteiger partial charge in [-0.15, -0.1) is 0 Å². The van der Waals surface area contributed by atoms with Gasteiger partial charge in [0.15, 0.2) is 11.6 Å². The van der Waals surface area contributed by atoms with Gasteiger partial charge in [0, 0.05) is 22.3 Å². The Morgan fingerprint density at radius 2 is 1.48 bits per heavy atom. The predicted octanol–water partition coefficient (Wildman–Crippen LogP) is 3.59. The van der Waals surface area contributed by atoms with Crippen molar-refractivity contribution in [1.82, 2.24) is 0 Å². The van der Waals surface area contributed by atoms with Gasteiger partial charge in [0.25, 0.3) is 5.91 Å². The average Bonchev–Trinajstić information content (AvgIpc) is 2.72. The van der Waals surface area contributed by atoms with Crippen LogP contribution in [0.2, 0.25) is 0 Å². The van der Waals surface area contributed by atoms with E-state index in [1.54, 1.807) is 60.7 Å². The number of hydrogen-bond donors (Lipinski definition) is 1. The van der Waals surface area contributed by atoms with Gasteiger partial charge < -0.3 is 5.32 Å². The highest BCUT2D eigenvalue weighted by atomic mass is 16.2.